The van der Waals surface area contributed by atoms with E-state index in [0.717, 1.165) is 17.2 Å². The Labute approximate surface area is 155 Å². The third-order valence-corrected chi connectivity index (χ3v) is 4.23. The fourth-order valence-corrected chi connectivity index (χ4v) is 3.00. The van der Waals surface area contributed by atoms with Gasteiger partial charge in [0.1, 0.15) is 18.5 Å². The molecule has 0 fully saturated rings. The zero-order chi connectivity index (χ0) is 19.0. The molecule has 0 aliphatic heterocycles. The van der Waals surface area contributed by atoms with Gasteiger partial charge in [-0.3, -0.25) is 9.36 Å². The zero-order valence-corrected chi connectivity index (χ0v) is 15.2. The molecule has 9 heteroatoms. The minimum absolute atomic E-state index is 0.0731. The van der Waals surface area contributed by atoms with E-state index in [-0.39, 0.29) is 11.8 Å². The molecule has 1 aromatic carbocycles. The Hall–Kier alpha value is -3.62. The number of carbonyl (C=O) groups is 1. The number of fused-ring (bicyclic) bond motifs is 1. The molecule has 3 aromatic heterocycles. The normalized spacial score (nSPS) is 11.3. The van der Waals surface area contributed by atoms with E-state index in [0.29, 0.717) is 17.0 Å². The Bertz CT molecular complexity index is 1130. The molecule has 136 valence electrons. The van der Waals surface area contributed by atoms with Crippen LogP contribution in [0.4, 0.5) is 5.69 Å². The summed E-state index contributed by atoms with van der Waals surface area (Å²) in [5.74, 6) is 1.06. The fraction of sp³-hybridized carbons (Fsp3) is 0.222. The third kappa shape index (κ3) is 3.03. The summed E-state index contributed by atoms with van der Waals surface area (Å²) in [6, 6.07) is 7.49. The second-order valence-electron chi connectivity index (χ2n) is 6.44. The molecule has 1 N–H and O–H groups in total. The monoisotopic (exact) mass is 362 g/mol. The van der Waals surface area contributed by atoms with E-state index in [2.05, 4.69) is 30.6 Å². The van der Waals surface area contributed by atoms with Gasteiger partial charge in [-0.05, 0) is 31.0 Å². The highest BCUT2D eigenvalue weighted by atomic mass is 16.1. The molecule has 0 unspecified atom stereocenters. The van der Waals surface area contributed by atoms with Gasteiger partial charge in [-0.2, -0.15) is 10.1 Å². The quantitative estimate of drug-likeness (QED) is 0.598. The minimum Gasteiger partial charge on any atom is -0.322 e. The Morgan fingerprint density at radius 1 is 1.22 bits per heavy atom. The number of carbonyl (C=O) groups excluding carboxylic acids is 1. The first-order chi connectivity index (χ1) is 13.0. The van der Waals surface area contributed by atoms with E-state index in [1.54, 1.807) is 17.0 Å². The van der Waals surface area contributed by atoms with Crippen molar-refractivity contribution in [3.05, 3.63) is 60.2 Å². The van der Waals surface area contributed by atoms with E-state index >= 15 is 0 Å². The van der Waals surface area contributed by atoms with Crippen LogP contribution < -0.4 is 5.32 Å². The maximum atomic E-state index is 12.9. The summed E-state index contributed by atoms with van der Waals surface area (Å²) in [4.78, 5) is 21.2. The van der Waals surface area contributed by atoms with Gasteiger partial charge in [-0.1, -0.05) is 19.9 Å². The Kier molecular flexibility index (Phi) is 4.11. The average Bonchev–Trinajstić information content (AvgIpc) is 3.29. The number of anilines is 1. The van der Waals surface area contributed by atoms with Gasteiger partial charge in [-0.15, -0.1) is 10.2 Å². The maximum absolute atomic E-state index is 12.9. The van der Waals surface area contributed by atoms with Crippen LogP contribution in [0.1, 0.15) is 41.6 Å². The van der Waals surface area contributed by atoms with Crippen molar-refractivity contribution in [2.24, 2.45) is 0 Å². The van der Waals surface area contributed by atoms with Crippen molar-refractivity contribution in [2.75, 3.05) is 5.32 Å². The van der Waals surface area contributed by atoms with Crippen molar-refractivity contribution >= 4 is 17.4 Å². The molecule has 9 nitrogen and oxygen atoms in total. The number of amides is 1. The van der Waals surface area contributed by atoms with Gasteiger partial charge < -0.3 is 5.32 Å². The second-order valence-corrected chi connectivity index (χ2v) is 6.44. The molecule has 0 atom stereocenters. The van der Waals surface area contributed by atoms with Gasteiger partial charge >= 0.3 is 0 Å². The van der Waals surface area contributed by atoms with Crippen molar-refractivity contribution in [2.45, 2.75) is 26.7 Å². The average molecular weight is 362 g/mol. The molecule has 0 aliphatic rings. The standard InChI is InChI=1S/C18H18N8O/c1-11(2)16-15(8-19-18-20-9-22-26(16)18)17(27)23-13-5-4-6-14(7-13)25-10-21-24-12(25)3/h4-11H,1-3H3,(H,23,27). The van der Waals surface area contributed by atoms with Crippen molar-refractivity contribution in [3.8, 4) is 5.69 Å². The smallest absolute Gasteiger partial charge is 0.259 e. The lowest BCUT2D eigenvalue weighted by Gasteiger charge is -2.14. The molecule has 27 heavy (non-hydrogen) atoms. The maximum Gasteiger partial charge on any atom is 0.259 e. The summed E-state index contributed by atoms with van der Waals surface area (Å²) in [5.41, 5.74) is 2.76. The van der Waals surface area contributed by atoms with E-state index < -0.39 is 0 Å². The summed E-state index contributed by atoms with van der Waals surface area (Å²) >= 11 is 0. The number of hydrogen-bond donors (Lipinski definition) is 1. The number of aromatic nitrogens is 7. The van der Waals surface area contributed by atoms with Gasteiger partial charge in [0.25, 0.3) is 11.7 Å². The number of nitrogens with zero attached hydrogens (tertiary/aromatic N) is 7. The number of benzene rings is 1. The largest absolute Gasteiger partial charge is 0.322 e. The molecule has 0 saturated heterocycles. The molecule has 0 saturated carbocycles. The second kappa shape index (κ2) is 6.60. The number of aryl methyl sites for hydroxylation is 1. The first kappa shape index (κ1) is 16.8. The van der Waals surface area contributed by atoms with E-state index in [4.69, 9.17) is 0 Å². The summed E-state index contributed by atoms with van der Waals surface area (Å²) in [5, 5.41) is 15.0. The third-order valence-electron chi connectivity index (χ3n) is 4.23. The molecule has 4 rings (SSSR count). The first-order valence-corrected chi connectivity index (χ1v) is 8.51. The molecule has 0 radical (unpaired) electrons. The molecular weight excluding hydrogens is 344 g/mol. The van der Waals surface area contributed by atoms with Gasteiger partial charge in [-0.25, -0.2) is 9.50 Å². The van der Waals surface area contributed by atoms with Crippen LogP contribution in [0.3, 0.4) is 0 Å². The molecular formula is C18H18N8O. The lowest BCUT2D eigenvalue weighted by atomic mass is 10.0. The van der Waals surface area contributed by atoms with Crippen molar-refractivity contribution in [1.82, 2.24) is 34.3 Å². The fourth-order valence-electron chi connectivity index (χ4n) is 3.00. The van der Waals surface area contributed by atoms with Gasteiger partial charge in [0.15, 0.2) is 0 Å². The summed E-state index contributed by atoms with van der Waals surface area (Å²) in [6.07, 6.45) is 4.61. The zero-order valence-electron chi connectivity index (χ0n) is 15.2. The highest BCUT2D eigenvalue weighted by Gasteiger charge is 2.19. The van der Waals surface area contributed by atoms with E-state index in [9.17, 15) is 4.79 Å². The summed E-state index contributed by atoms with van der Waals surface area (Å²) in [7, 11) is 0. The molecule has 0 bridgehead atoms. The topological polar surface area (TPSA) is 103 Å². The lowest BCUT2D eigenvalue weighted by Crippen LogP contribution is -2.18. The minimum atomic E-state index is -0.249. The van der Waals surface area contributed by atoms with Crippen LogP contribution in [0, 0.1) is 6.92 Å². The van der Waals surface area contributed by atoms with Crippen LogP contribution in [0.5, 0.6) is 0 Å². The lowest BCUT2D eigenvalue weighted by molar-refractivity contribution is 0.102. The van der Waals surface area contributed by atoms with Crippen LogP contribution in [0.2, 0.25) is 0 Å². The van der Waals surface area contributed by atoms with Crippen molar-refractivity contribution in [1.29, 1.82) is 0 Å². The molecule has 0 aliphatic carbocycles. The number of hydrogen-bond acceptors (Lipinski definition) is 6. The van der Waals surface area contributed by atoms with Gasteiger partial charge in [0, 0.05) is 11.9 Å². The van der Waals surface area contributed by atoms with Gasteiger partial charge in [0.2, 0.25) is 0 Å². The van der Waals surface area contributed by atoms with Crippen LogP contribution in [0.25, 0.3) is 11.5 Å². The van der Waals surface area contributed by atoms with E-state index in [1.807, 2.05) is 49.6 Å². The summed E-state index contributed by atoms with van der Waals surface area (Å²) in [6.45, 7) is 5.87. The Morgan fingerprint density at radius 2 is 2.07 bits per heavy atom. The van der Waals surface area contributed by atoms with E-state index in [1.165, 1.54) is 6.33 Å². The van der Waals surface area contributed by atoms with Crippen LogP contribution in [-0.4, -0.2) is 40.3 Å². The predicted octanol–water partition coefficient (Wildman–Crippen LogP) is 2.39. The Balaban J connectivity index is 1.68. The number of rotatable bonds is 4. The van der Waals surface area contributed by atoms with Crippen molar-refractivity contribution < 1.29 is 4.79 Å². The van der Waals surface area contributed by atoms with Gasteiger partial charge in [0.05, 0.1) is 16.9 Å². The molecule has 0 spiro atoms. The van der Waals surface area contributed by atoms with Crippen LogP contribution >= 0.6 is 0 Å². The van der Waals surface area contributed by atoms with Crippen LogP contribution in [0.15, 0.2) is 43.1 Å². The SMILES string of the molecule is Cc1nncn1-c1cccc(NC(=O)c2cnc3ncnn3c2C(C)C)c1. The molecule has 3 heterocycles. The highest BCUT2D eigenvalue weighted by molar-refractivity contribution is 6.05. The Morgan fingerprint density at radius 3 is 2.81 bits per heavy atom. The summed E-state index contributed by atoms with van der Waals surface area (Å²) < 4.78 is 3.45. The van der Waals surface area contributed by atoms with Crippen LogP contribution in [-0.2, 0) is 0 Å². The number of nitrogens with one attached hydrogen (secondary N) is 1. The molecule has 4 aromatic rings. The highest BCUT2D eigenvalue weighted by Crippen LogP contribution is 2.21. The first-order valence-electron chi connectivity index (χ1n) is 8.51. The molecule has 1 amide bonds. The predicted molar refractivity (Wildman–Crippen MR) is 98.9 cm³/mol. The van der Waals surface area contributed by atoms with Crippen molar-refractivity contribution in [3.63, 3.8) is 0 Å².